The van der Waals surface area contributed by atoms with Crippen molar-refractivity contribution in [2.75, 3.05) is 7.11 Å². The lowest BCUT2D eigenvalue weighted by Gasteiger charge is -2.16. The molecule has 0 aliphatic rings. The fraction of sp³-hybridized carbons (Fsp3) is 0.231. The molecule has 0 saturated carbocycles. The Hall–Kier alpha value is -0.950. The smallest absolute Gasteiger partial charge is 0.168 e. The van der Waals surface area contributed by atoms with Crippen LogP contribution < -0.4 is 16.0 Å². The number of benzene rings is 1. The Balaban J connectivity index is 2.23. The van der Waals surface area contributed by atoms with Gasteiger partial charge in [0.25, 0.3) is 0 Å². The molecule has 1 aromatic heterocycles. The summed E-state index contributed by atoms with van der Waals surface area (Å²) >= 11 is 4.98. The topological polar surface area (TPSA) is 47.3 Å². The van der Waals surface area contributed by atoms with Crippen molar-refractivity contribution in [3.63, 3.8) is 0 Å². The van der Waals surface area contributed by atoms with Crippen LogP contribution in [0.25, 0.3) is 0 Å². The third-order valence-corrected chi connectivity index (χ3v) is 4.40. The number of hydrogen-bond donors (Lipinski definition) is 2. The van der Waals surface area contributed by atoms with E-state index in [1.54, 1.807) is 29.5 Å². The molecule has 0 fully saturated rings. The maximum atomic E-state index is 14.1. The summed E-state index contributed by atoms with van der Waals surface area (Å²) in [5.74, 6) is 5.48. The maximum absolute atomic E-state index is 14.1. The van der Waals surface area contributed by atoms with E-state index in [1.165, 1.54) is 7.11 Å². The average Bonchev–Trinajstić information content (AvgIpc) is 2.84. The lowest BCUT2D eigenvalue weighted by molar-refractivity contribution is 0.382. The van der Waals surface area contributed by atoms with Gasteiger partial charge in [0, 0.05) is 0 Å². The van der Waals surface area contributed by atoms with Crippen molar-refractivity contribution in [2.24, 2.45) is 5.84 Å². The predicted octanol–water partition coefficient (Wildman–Crippen LogP) is 3.41. The Kier molecular flexibility index (Phi) is 4.93. The average molecular weight is 345 g/mol. The first kappa shape index (κ1) is 14.5. The number of nitrogens with one attached hydrogen (secondary N) is 1. The lowest BCUT2D eigenvalue weighted by atomic mass is 10.0. The van der Waals surface area contributed by atoms with Crippen molar-refractivity contribution < 1.29 is 9.13 Å². The molecule has 19 heavy (non-hydrogen) atoms. The minimum Gasteiger partial charge on any atom is -0.494 e. The molecular weight excluding hydrogens is 331 g/mol. The van der Waals surface area contributed by atoms with E-state index < -0.39 is 0 Å². The van der Waals surface area contributed by atoms with Crippen molar-refractivity contribution in [1.29, 1.82) is 0 Å². The van der Waals surface area contributed by atoms with Gasteiger partial charge in [-0.05, 0) is 51.0 Å². The van der Waals surface area contributed by atoms with Crippen LogP contribution in [-0.4, -0.2) is 7.11 Å². The molecule has 1 aromatic carbocycles. The molecule has 0 aliphatic carbocycles. The summed E-state index contributed by atoms with van der Waals surface area (Å²) in [7, 11) is 1.46. The van der Waals surface area contributed by atoms with Crippen molar-refractivity contribution >= 4 is 27.3 Å². The molecule has 1 atom stereocenters. The normalized spacial score (nSPS) is 12.4. The van der Waals surface area contributed by atoms with Crippen LogP contribution in [0.15, 0.2) is 33.4 Å². The summed E-state index contributed by atoms with van der Waals surface area (Å²) in [6.07, 6.45) is 0.461. The van der Waals surface area contributed by atoms with Crippen molar-refractivity contribution in [3.05, 3.63) is 50.4 Å². The molecule has 0 radical (unpaired) electrons. The van der Waals surface area contributed by atoms with E-state index in [0.29, 0.717) is 12.0 Å². The lowest BCUT2D eigenvalue weighted by Crippen LogP contribution is -2.29. The van der Waals surface area contributed by atoms with Crippen LogP contribution in [-0.2, 0) is 6.42 Å². The van der Waals surface area contributed by atoms with Gasteiger partial charge in [-0.1, -0.05) is 12.1 Å². The van der Waals surface area contributed by atoms with Gasteiger partial charge in [-0.15, -0.1) is 11.3 Å². The van der Waals surface area contributed by atoms with Gasteiger partial charge in [-0.25, -0.2) is 4.39 Å². The van der Waals surface area contributed by atoms with Crippen LogP contribution in [0.3, 0.4) is 0 Å². The zero-order valence-corrected chi connectivity index (χ0v) is 12.7. The molecule has 0 amide bonds. The molecule has 6 heteroatoms. The zero-order chi connectivity index (χ0) is 13.8. The minimum absolute atomic E-state index is 0.135. The fourth-order valence-corrected chi connectivity index (χ4v) is 3.10. The van der Waals surface area contributed by atoms with Crippen LogP contribution in [0.2, 0.25) is 0 Å². The van der Waals surface area contributed by atoms with Gasteiger partial charge >= 0.3 is 0 Å². The monoisotopic (exact) mass is 344 g/mol. The first-order valence-corrected chi connectivity index (χ1v) is 7.34. The summed E-state index contributed by atoms with van der Waals surface area (Å²) < 4.78 is 20.1. The molecule has 1 heterocycles. The zero-order valence-electron chi connectivity index (χ0n) is 10.3. The summed E-state index contributed by atoms with van der Waals surface area (Å²) in [5.41, 5.74) is 4.33. The summed E-state index contributed by atoms with van der Waals surface area (Å²) in [4.78, 5) is 0. The van der Waals surface area contributed by atoms with Gasteiger partial charge in [0.1, 0.15) is 0 Å². The van der Waals surface area contributed by atoms with Gasteiger partial charge in [-0.3, -0.25) is 11.3 Å². The largest absolute Gasteiger partial charge is 0.494 e. The summed E-state index contributed by atoms with van der Waals surface area (Å²) in [5, 5.41) is 1.99. The molecule has 102 valence electrons. The Morgan fingerprint density at radius 3 is 2.89 bits per heavy atom. The quantitative estimate of drug-likeness (QED) is 0.645. The highest BCUT2D eigenvalue weighted by atomic mass is 79.9. The van der Waals surface area contributed by atoms with E-state index in [4.69, 9.17) is 10.6 Å². The first-order chi connectivity index (χ1) is 9.15. The Bertz CT molecular complexity index is 561. The third-order valence-electron chi connectivity index (χ3n) is 2.88. The second kappa shape index (κ2) is 6.47. The molecule has 1 unspecified atom stereocenters. The first-order valence-electron chi connectivity index (χ1n) is 5.67. The van der Waals surface area contributed by atoms with Gasteiger partial charge in [0.05, 0.1) is 16.9 Å². The fourth-order valence-electron chi connectivity index (χ4n) is 1.87. The van der Waals surface area contributed by atoms with Gasteiger partial charge in [0.2, 0.25) is 0 Å². The highest BCUT2D eigenvalue weighted by molar-refractivity contribution is 9.11. The summed E-state index contributed by atoms with van der Waals surface area (Å²) in [6.45, 7) is 0. The molecule has 3 N–H and O–H groups in total. The van der Waals surface area contributed by atoms with E-state index in [1.807, 2.05) is 11.4 Å². The highest BCUT2D eigenvalue weighted by Crippen LogP contribution is 2.29. The Labute approximate surface area is 123 Å². The number of hydrazine groups is 1. The minimum atomic E-state index is -0.334. The van der Waals surface area contributed by atoms with Crippen molar-refractivity contribution in [1.82, 2.24) is 5.43 Å². The molecule has 2 rings (SSSR count). The van der Waals surface area contributed by atoms with E-state index in [9.17, 15) is 4.39 Å². The molecule has 2 aromatic rings. The van der Waals surface area contributed by atoms with E-state index >= 15 is 0 Å². The summed E-state index contributed by atoms with van der Waals surface area (Å²) in [6, 6.07) is 6.96. The number of rotatable bonds is 5. The second-order valence-corrected chi connectivity index (χ2v) is 6.33. The third kappa shape index (κ3) is 3.33. The number of hydrogen-bond acceptors (Lipinski definition) is 4. The molecule has 0 spiro atoms. The number of nitrogens with two attached hydrogens (primary N) is 1. The van der Waals surface area contributed by atoms with Crippen molar-refractivity contribution in [2.45, 2.75) is 12.5 Å². The molecule has 0 aliphatic heterocycles. The van der Waals surface area contributed by atoms with E-state index in [2.05, 4.69) is 21.4 Å². The maximum Gasteiger partial charge on any atom is 0.168 e. The van der Waals surface area contributed by atoms with Crippen molar-refractivity contribution in [3.8, 4) is 5.75 Å². The number of thiophene rings is 1. The van der Waals surface area contributed by atoms with Crippen LogP contribution in [0.4, 0.5) is 4.39 Å². The highest BCUT2D eigenvalue weighted by Gasteiger charge is 2.16. The molecule has 3 nitrogen and oxygen atoms in total. The van der Waals surface area contributed by atoms with Crippen LogP contribution in [0, 0.1) is 5.82 Å². The molecule has 0 saturated heterocycles. The Morgan fingerprint density at radius 1 is 1.53 bits per heavy atom. The SMILES string of the molecule is COc1cccc(CC(NN)c2csc(Br)c2)c1F. The van der Waals surface area contributed by atoms with E-state index in [0.717, 1.165) is 9.35 Å². The van der Waals surface area contributed by atoms with Gasteiger partial charge < -0.3 is 4.74 Å². The van der Waals surface area contributed by atoms with E-state index in [-0.39, 0.29) is 17.6 Å². The Morgan fingerprint density at radius 2 is 2.32 bits per heavy atom. The predicted molar refractivity (Wildman–Crippen MR) is 78.7 cm³/mol. The van der Waals surface area contributed by atoms with Crippen LogP contribution >= 0.6 is 27.3 Å². The van der Waals surface area contributed by atoms with Gasteiger partial charge in [-0.2, -0.15) is 0 Å². The van der Waals surface area contributed by atoms with Crippen LogP contribution in [0.1, 0.15) is 17.2 Å². The number of ether oxygens (including phenoxy) is 1. The molecular formula is C13H14BrFN2OS. The van der Waals surface area contributed by atoms with Gasteiger partial charge in [0.15, 0.2) is 11.6 Å². The molecule has 0 bridgehead atoms. The standard InChI is InChI=1S/C13H14BrFN2OS/c1-18-11-4-2-3-8(13(11)15)5-10(17-16)9-6-12(14)19-7-9/h2-4,6-7,10,17H,5,16H2,1H3. The number of methoxy groups -OCH3 is 1. The van der Waals surface area contributed by atoms with Crippen LogP contribution in [0.5, 0.6) is 5.75 Å². The number of halogens is 2. The second-order valence-electron chi connectivity index (χ2n) is 4.04.